The smallest absolute Gasteiger partial charge is 0.194 e. The minimum atomic E-state index is 0.799. The van der Waals surface area contributed by atoms with E-state index < -0.39 is 0 Å². The first-order chi connectivity index (χ1) is 11.8. The average Bonchev–Trinajstić information content (AvgIpc) is 2.65. The first-order valence-corrected chi connectivity index (χ1v) is 8.43. The number of benzene rings is 1. The largest absolute Gasteiger partial charge is 0.353 e. The number of aromatic nitrogens is 1. The van der Waals surface area contributed by atoms with Gasteiger partial charge in [-0.1, -0.05) is 35.9 Å². The van der Waals surface area contributed by atoms with Crippen molar-refractivity contribution in [2.75, 3.05) is 38.1 Å². The van der Waals surface area contributed by atoms with Gasteiger partial charge >= 0.3 is 0 Å². The van der Waals surface area contributed by atoms with E-state index in [0.717, 1.165) is 44.5 Å². The van der Waals surface area contributed by atoms with Gasteiger partial charge in [0.15, 0.2) is 5.96 Å². The van der Waals surface area contributed by atoms with Crippen LogP contribution in [0.4, 0.5) is 5.82 Å². The summed E-state index contributed by atoms with van der Waals surface area (Å²) in [5, 5.41) is 3.47. The minimum Gasteiger partial charge on any atom is -0.353 e. The molecule has 1 N–H and O–H groups in total. The minimum absolute atomic E-state index is 0.799. The van der Waals surface area contributed by atoms with E-state index in [-0.39, 0.29) is 0 Å². The van der Waals surface area contributed by atoms with Crippen molar-refractivity contribution < 1.29 is 0 Å². The molecule has 2 heterocycles. The second-order valence-corrected chi connectivity index (χ2v) is 6.05. The molecule has 3 rings (SSSR count). The molecule has 1 aliphatic rings. The Morgan fingerprint density at radius 1 is 1.08 bits per heavy atom. The highest BCUT2D eigenvalue weighted by molar-refractivity contribution is 5.80. The van der Waals surface area contributed by atoms with E-state index in [1.807, 2.05) is 25.4 Å². The van der Waals surface area contributed by atoms with Crippen molar-refractivity contribution in [1.29, 1.82) is 0 Å². The summed E-state index contributed by atoms with van der Waals surface area (Å²) in [4.78, 5) is 13.5. The molecule has 0 saturated carbocycles. The lowest BCUT2D eigenvalue weighted by Crippen LogP contribution is -2.52. The number of pyridine rings is 1. The molecule has 24 heavy (non-hydrogen) atoms. The Bertz CT molecular complexity index is 658. The van der Waals surface area contributed by atoms with Crippen molar-refractivity contribution in [2.24, 2.45) is 4.99 Å². The number of guanidine groups is 1. The normalized spacial score (nSPS) is 15.5. The number of piperazine rings is 1. The fraction of sp³-hybridized carbons (Fsp3) is 0.368. The number of aryl methyl sites for hydroxylation is 1. The lowest BCUT2D eigenvalue weighted by atomic mass is 10.1. The second-order valence-electron chi connectivity index (χ2n) is 6.05. The highest BCUT2D eigenvalue weighted by Crippen LogP contribution is 2.12. The molecular formula is C19H25N5. The van der Waals surface area contributed by atoms with Crippen LogP contribution in [0.1, 0.15) is 11.1 Å². The summed E-state index contributed by atoms with van der Waals surface area (Å²) in [5.74, 6) is 2.02. The standard InChI is InChI=1S/C19H25N5/c1-16-6-8-17(9-7-16)15-22-19(20-2)24-13-11-23(12-14-24)18-5-3-4-10-21-18/h3-10H,11-15H2,1-2H3,(H,20,22). The summed E-state index contributed by atoms with van der Waals surface area (Å²) >= 11 is 0. The molecule has 0 bridgehead atoms. The molecule has 5 heteroatoms. The summed E-state index contributed by atoms with van der Waals surface area (Å²) in [6.45, 7) is 6.73. The first-order valence-electron chi connectivity index (χ1n) is 8.43. The first kappa shape index (κ1) is 16.3. The van der Waals surface area contributed by atoms with E-state index in [1.165, 1.54) is 11.1 Å². The topological polar surface area (TPSA) is 43.8 Å². The highest BCUT2D eigenvalue weighted by Gasteiger charge is 2.20. The predicted molar refractivity (Wildman–Crippen MR) is 99.4 cm³/mol. The molecule has 1 fully saturated rings. The maximum atomic E-state index is 4.44. The zero-order chi connectivity index (χ0) is 16.8. The molecule has 0 radical (unpaired) electrons. The van der Waals surface area contributed by atoms with Gasteiger partial charge < -0.3 is 15.1 Å². The summed E-state index contributed by atoms with van der Waals surface area (Å²) in [5.41, 5.74) is 2.56. The second kappa shape index (κ2) is 7.81. The van der Waals surface area contributed by atoms with Crippen LogP contribution in [0.25, 0.3) is 0 Å². The molecule has 1 aromatic heterocycles. The van der Waals surface area contributed by atoms with Crippen LogP contribution in [0, 0.1) is 6.92 Å². The maximum absolute atomic E-state index is 4.44. The van der Waals surface area contributed by atoms with Crippen molar-refractivity contribution >= 4 is 11.8 Å². The third-order valence-corrected chi connectivity index (χ3v) is 4.34. The Labute approximate surface area is 144 Å². The van der Waals surface area contributed by atoms with Gasteiger partial charge in [-0.2, -0.15) is 0 Å². The highest BCUT2D eigenvalue weighted by atomic mass is 15.4. The van der Waals surface area contributed by atoms with Crippen LogP contribution >= 0.6 is 0 Å². The third-order valence-electron chi connectivity index (χ3n) is 4.34. The van der Waals surface area contributed by atoms with Crippen molar-refractivity contribution in [3.63, 3.8) is 0 Å². The van der Waals surface area contributed by atoms with Crippen LogP contribution in [0.3, 0.4) is 0 Å². The summed E-state index contributed by atoms with van der Waals surface area (Å²) in [6, 6.07) is 14.7. The number of hydrogen-bond acceptors (Lipinski definition) is 3. The molecule has 5 nitrogen and oxygen atoms in total. The van der Waals surface area contributed by atoms with E-state index in [9.17, 15) is 0 Å². The number of hydrogen-bond donors (Lipinski definition) is 1. The lowest BCUT2D eigenvalue weighted by Gasteiger charge is -2.37. The maximum Gasteiger partial charge on any atom is 0.194 e. The molecule has 0 atom stereocenters. The number of anilines is 1. The van der Waals surface area contributed by atoms with Crippen molar-refractivity contribution in [2.45, 2.75) is 13.5 Å². The Morgan fingerprint density at radius 3 is 2.46 bits per heavy atom. The quantitative estimate of drug-likeness (QED) is 0.695. The van der Waals surface area contributed by atoms with Crippen LogP contribution in [-0.4, -0.2) is 49.1 Å². The van der Waals surface area contributed by atoms with E-state index in [1.54, 1.807) is 0 Å². The molecule has 1 aromatic carbocycles. The van der Waals surface area contributed by atoms with E-state index in [0.29, 0.717) is 0 Å². The molecule has 0 unspecified atom stereocenters. The van der Waals surface area contributed by atoms with Crippen molar-refractivity contribution in [3.8, 4) is 0 Å². The number of rotatable bonds is 3. The predicted octanol–water partition coefficient (Wildman–Crippen LogP) is 2.29. The van der Waals surface area contributed by atoms with Crippen LogP contribution in [0.5, 0.6) is 0 Å². The van der Waals surface area contributed by atoms with Gasteiger partial charge in [-0.3, -0.25) is 4.99 Å². The lowest BCUT2D eigenvalue weighted by molar-refractivity contribution is 0.371. The molecule has 0 spiro atoms. The number of nitrogens with zero attached hydrogens (tertiary/aromatic N) is 4. The Kier molecular flexibility index (Phi) is 5.31. The molecule has 2 aromatic rings. The van der Waals surface area contributed by atoms with Gasteiger partial charge in [0.25, 0.3) is 0 Å². The monoisotopic (exact) mass is 323 g/mol. The fourth-order valence-corrected chi connectivity index (χ4v) is 2.91. The Hall–Kier alpha value is -2.56. The third kappa shape index (κ3) is 4.04. The van der Waals surface area contributed by atoms with Gasteiger partial charge in [-0.25, -0.2) is 4.98 Å². The van der Waals surface area contributed by atoms with Crippen molar-refractivity contribution in [3.05, 3.63) is 59.8 Å². The van der Waals surface area contributed by atoms with E-state index in [4.69, 9.17) is 0 Å². The van der Waals surface area contributed by atoms with Crippen LogP contribution in [0.2, 0.25) is 0 Å². The van der Waals surface area contributed by atoms with Crippen LogP contribution < -0.4 is 10.2 Å². The molecule has 1 saturated heterocycles. The molecule has 1 aliphatic heterocycles. The van der Waals surface area contributed by atoms with Gasteiger partial charge in [0.05, 0.1) is 0 Å². The SMILES string of the molecule is CN=C(NCc1ccc(C)cc1)N1CCN(c2ccccn2)CC1. The van der Waals surface area contributed by atoms with Crippen molar-refractivity contribution in [1.82, 2.24) is 15.2 Å². The van der Waals surface area contributed by atoms with Gasteiger partial charge in [0.1, 0.15) is 5.82 Å². The zero-order valence-corrected chi connectivity index (χ0v) is 14.4. The van der Waals surface area contributed by atoms with Gasteiger partial charge in [-0.15, -0.1) is 0 Å². The van der Waals surface area contributed by atoms with Gasteiger partial charge in [0.2, 0.25) is 0 Å². The Morgan fingerprint density at radius 2 is 1.83 bits per heavy atom. The average molecular weight is 323 g/mol. The summed E-state index contributed by atoms with van der Waals surface area (Å²) < 4.78 is 0. The van der Waals surface area contributed by atoms with E-state index >= 15 is 0 Å². The zero-order valence-electron chi connectivity index (χ0n) is 14.4. The van der Waals surface area contributed by atoms with Gasteiger partial charge in [0, 0.05) is 46.0 Å². The van der Waals surface area contributed by atoms with Crippen LogP contribution in [0.15, 0.2) is 53.7 Å². The Balaban J connectivity index is 1.53. The molecule has 0 aliphatic carbocycles. The summed E-state index contributed by atoms with van der Waals surface area (Å²) in [6.07, 6.45) is 1.85. The number of nitrogens with one attached hydrogen (secondary N) is 1. The van der Waals surface area contributed by atoms with E-state index in [2.05, 4.69) is 62.3 Å². The van der Waals surface area contributed by atoms with Crippen LogP contribution in [-0.2, 0) is 6.54 Å². The fourth-order valence-electron chi connectivity index (χ4n) is 2.91. The number of aliphatic imine (C=N–C) groups is 1. The molecular weight excluding hydrogens is 298 g/mol. The van der Waals surface area contributed by atoms with Gasteiger partial charge in [-0.05, 0) is 24.6 Å². The summed E-state index contributed by atoms with van der Waals surface area (Å²) in [7, 11) is 1.85. The molecule has 126 valence electrons. The molecule has 0 amide bonds.